The molecule has 2 aromatic rings. The van der Waals surface area contributed by atoms with Gasteiger partial charge >= 0.3 is 0 Å². The minimum atomic E-state index is -0.366. The van der Waals surface area contributed by atoms with Crippen LogP contribution in [-0.2, 0) is 11.2 Å². The van der Waals surface area contributed by atoms with Gasteiger partial charge in [0.15, 0.2) is 0 Å². The molecule has 0 unspecified atom stereocenters. The minimum Gasteiger partial charge on any atom is -0.287 e. The Morgan fingerprint density at radius 1 is 0.926 bits per heavy atom. The van der Waals surface area contributed by atoms with Crippen LogP contribution < -0.4 is 10.9 Å². The van der Waals surface area contributed by atoms with Crippen molar-refractivity contribution in [2.45, 2.75) is 71.3 Å². The van der Waals surface area contributed by atoms with E-state index in [9.17, 15) is 4.79 Å². The number of unbranched alkanes of at least 4 members (excludes halogenated alkanes) is 5. The maximum absolute atomic E-state index is 12.2. The van der Waals surface area contributed by atoms with Gasteiger partial charge in [-0.2, -0.15) is 0 Å². The van der Waals surface area contributed by atoms with Crippen LogP contribution in [0.2, 0.25) is 0 Å². The summed E-state index contributed by atoms with van der Waals surface area (Å²) in [5.41, 5.74) is 8.72. The van der Waals surface area contributed by atoms with Gasteiger partial charge in [-0.1, -0.05) is 75.4 Å². The van der Waals surface area contributed by atoms with Crippen molar-refractivity contribution < 1.29 is 4.79 Å². The molecule has 0 radical (unpaired) electrons. The van der Waals surface area contributed by atoms with Gasteiger partial charge in [0, 0.05) is 5.57 Å². The number of amides is 1. The van der Waals surface area contributed by atoms with E-state index in [1.54, 1.807) is 0 Å². The Morgan fingerprint density at radius 2 is 1.63 bits per heavy atom. The van der Waals surface area contributed by atoms with Crippen LogP contribution in [0.4, 0.5) is 0 Å². The number of rotatable bonds is 8. The molecule has 144 valence electrons. The Balaban J connectivity index is 1.82. The SMILES string of the molecule is CCCCCCCCc1ccc(/C=C2\C(=O)NNC2(C)C)c2ccccc12. The summed E-state index contributed by atoms with van der Waals surface area (Å²) in [6.45, 7) is 6.30. The van der Waals surface area contributed by atoms with Crippen molar-refractivity contribution in [2.75, 3.05) is 0 Å². The second-order valence-corrected chi connectivity index (χ2v) is 8.14. The van der Waals surface area contributed by atoms with E-state index in [0.717, 1.165) is 17.6 Å². The highest BCUT2D eigenvalue weighted by Gasteiger charge is 2.35. The number of benzene rings is 2. The molecule has 0 atom stereocenters. The fourth-order valence-corrected chi connectivity index (χ4v) is 3.86. The molecular formula is C24H32N2O. The summed E-state index contributed by atoms with van der Waals surface area (Å²) in [7, 11) is 0. The Hall–Kier alpha value is -2.13. The van der Waals surface area contributed by atoms with Gasteiger partial charge in [-0.15, -0.1) is 0 Å². The zero-order chi connectivity index (χ0) is 19.3. The summed E-state index contributed by atoms with van der Waals surface area (Å²) in [5, 5.41) is 2.54. The lowest BCUT2D eigenvalue weighted by Gasteiger charge is -2.17. The number of hydrogen-bond donors (Lipinski definition) is 2. The largest absolute Gasteiger partial charge is 0.287 e. The van der Waals surface area contributed by atoms with Crippen LogP contribution in [-0.4, -0.2) is 11.4 Å². The lowest BCUT2D eigenvalue weighted by Crippen LogP contribution is -2.38. The van der Waals surface area contributed by atoms with Gasteiger partial charge in [0.1, 0.15) is 0 Å². The molecule has 1 aliphatic rings. The fourth-order valence-electron chi connectivity index (χ4n) is 3.86. The molecule has 0 saturated carbocycles. The number of carbonyl (C=O) groups excluding carboxylic acids is 1. The molecule has 2 aromatic carbocycles. The summed E-state index contributed by atoms with van der Waals surface area (Å²) < 4.78 is 0. The van der Waals surface area contributed by atoms with E-state index in [0.29, 0.717) is 0 Å². The van der Waals surface area contributed by atoms with E-state index in [2.05, 4.69) is 54.2 Å². The molecule has 3 rings (SSSR count). The average molecular weight is 365 g/mol. The quantitative estimate of drug-likeness (QED) is 0.477. The molecule has 3 heteroatoms. The molecule has 1 saturated heterocycles. The van der Waals surface area contributed by atoms with Crippen molar-refractivity contribution in [3.05, 3.63) is 53.1 Å². The number of fused-ring (bicyclic) bond motifs is 1. The number of nitrogens with one attached hydrogen (secondary N) is 2. The molecule has 0 aromatic heterocycles. The lowest BCUT2D eigenvalue weighted by molar-refractivity contribution is -0.116. The molecule has 27 heavy (non-hydrogen) atoms. The summed E-state index contributed by atoms with van der Waals surface area (Å²) in [5.74, 6) is -0.0414. The Labute approximate surface area is 163 Å². The molecule has 0 aliphatic carbocycles. The summed E-state index contributed by atoms with van der Waals surface area (Å²) >= 11 is 0. The third-order valence-electron chi connectivity index (χ3n) is 5.55. The smallest absolute Gasteiger partial charge is 0.263 e. The van der Waals surface area contributed by atoms with Gasteiger partial charge in [0.25, 0.3) is 5.91 Å². The van der Waals surface area contributed by atoms with Crippen molar-refractivity contribution in [1.29, 1.82) is 0 Å². The first-order valence-corrected chi connectivity index (χ1v) is 10.3. The zero-order valence-corrected chi connectivity index (χ0v) is 16.9. The highest BCUT2D eigenvalue weighted by atomic mass is 16.2. The van der Waals surface area contributed by atoms with Gasteiger partial charge in [-0.3, -0.25) is 10.2 Å². The molecule has 0 bridgehead atoms. The highest BCUT2D eigenvalue weighted by molar-refractivity contribution is 6.04. The van der Waals surface area contributed by atoms with E-state index in [-0.39, 0.29) is 11.4 Å². The maximum atomic E-state index is 12.2. The maximum Gasteiger partial charge on any atom is 0.263 e. The molecule has 2 N–H and O–H groups in total. The van der Waals surface area contributed by atoms with Crippen molar-refractivity contribution in [3.63, 3.8) is 0 Å². The van der Waals surface area contributed by atoms with Crippen molar-refractivity contribution in [1.82, 2.24) is 10.9 Å². The topological polar surface area (TPSA) is 41.1 Å². The first-order chi connectivity index (χ1) is 13.0. The van der Waals surface area contributed by atoms with Crippen LogP contribution in [0.1, 0.15) is 70.4 Å². The lowest BCUT2D eigenvalue weighted by atomic mass is 9.91. The van der Waals surface area contributed by atoms with E-state index in [4.69, 9.17) is 0 Å². The van der Waals surface area contributed by atoms with Crippen LogP contribution in [0.15, 0.2) is 42.0 Å². The summed E-state index contributed by atoms with van der Waals surface area (Å²) in [6.07, 6.45) is 11.1. The summed E-state index contributed by atoms with van der Waals surface area (Å²) in [6, 6.07) is 13.0. The Bertz CT molecular complexity index is 835. The standard InChI is InChI=1S/C24H32N2O/c1-4-5-6-7-8-9-12-18-15-16-19(21-14-11-10-13-20(18)21)17-22-23(27)25-26-24(22,2)3/h10-11,13-17,26H,4-9,12H2,1-3H3,(H,25,27)/b22-17+. The van der Waals surface area contributed by atoms with E-state index >= 15 is 0 Å². The van der Waals surface area contributed by atoms with Crippen molar-refractivity contribution >= 4 is 22.8 Å². The van der Waals surface area contributed by atoms with E-state index < -0.39 is 0 Å². The molecule has 3 nitrogen and oxygen atoms in total. The van der Waals surface area contributed by atoms with Crippen LogP contribution in [0.5, 0.6) is 0 Å². The van der Waals surface area contributed by atoms with Gasteiger partial charge < -0.3 is 0 Å². The third kappa shape index (κ3) is 4.59. The van der Waals surface area contributed by atoms with Crippen LogP contribution in [0.3, 0.4) is 0 Å². The first kappa shape index (κ1) is 19.6. The molecular weight excluding hydrogens is 332 g/mol. The summed E-state index contributed by atoms with van der Waals surface area (Å²) in [4.78, 5) is 12.2. The van der Waals surface area contributed by atoms with E-state index in [1.165, 1.54) is 54.9 Å². The highest BCUT2D eigenvalue weighted by Crippen LogP contribution is 2.29. The molecule has 1 heterocycles. The van der Waals surface area contributed by atoms with E-state index in [1.807, 2.05) is 19.9 Å². The zero-order valence-electron chi connectivity index (χ0n) is 16.9. The molecule has 1 amide bonds. The first-order valence-electron chi connectivity index (χ1n) is 10.3. The van der Waals surface area contributed by atoms with Crippen molar-refractivity contribution in [2.24, 2.45) is 0 Å². The van der Waals surface area contributed by atoms with Crippen LogP contribution >= 0.6 is 0 Å². The monoisotopic (exact) mass is 364 g/mol. The predicted octanol–water partition coefficient (Wildman–Crippen LogP) is 5.54. The number of aryl methyl sites for hydroxylation is 1. The second-order valence-electron chi connectivity index (χ2n) is 8.14. The molecule has 1 aliphatic heterocycles. The predicted molar refractivity (Wildman–Crippen MR) is 114 cm³/mol. The normalized spacial score (nSPS) is 17.6. The molecule has 0 spiro atoms. The fraction of sp³-hybridized carbons (Fsp3) is 0.458. The Morgan fingerprint density at radius 3 is 2.33 bits per heavy atom. The minimum absolute atomic E-state index is 0.0414. The van der Waals surface area contributed by atoms with Crippen LogP contribution in [0, 0.1) is 0 Å². The average Bonchev–Trinajstić information content (AvgIpc) is 2.92. The van der Waals surface area contributed by atoms with Gasteiger partial charge in [-0.25, -0.2) is 5.43 Å². The molecule has 1 fully saturated rings. The Kier molecular flexibility index (Phi) is 6.33. The van der Waals surface area contributed by atoms with Crippen molar-refractivity contribution in [3.8, 4) is 0 Å². The van der Waals surface area contributed by atoms with Crippen LogP contribution in [0.25, 0.3) is 16.8 Å². The van der Waals surface area contributed by atoms with Gasteiger partial charge in [0.2, 0.25) is 0 Å². The third-order valence-corrected chi connectivity index (χ3v) is 5.55. The van der Waals surface area contributed by atoms with Gasteiger partial charge in [0.05, 0.1) is 5.54 Å². The van der Waals surface area contributed by atoms with Gasteiger partial charge in [-0.05, 0) is 54.7 Å². The second kappa shape index (κ2) is 8.71. The number of carbonyl (C=O) groups is 1. The number of hydrazine groups is 1. The number of hydrogen-bond acceptors (Lipinski definition) is 2.